The number of hydrogen-bond donors (Lipinski definition) is 1. The lowest BCUT2D eigenvalue weighted by Gasteiger charge is -2.08. The molecule has 1 aromatic carbocycles. The molecule has 0 fully saturated rings. The van der Waals surface area contributed by atoms with Gasteiger partial charge < -0.3 is 19.4 Å². The number of pyridine rings is 1. The molecule has 0 saturated carbocycles. The highest BCUT2D eigenvalue weighted by molar-refractivity contribution is 9.10. The summed E-state index contributed by atoms with van der Waals surface area (Å²) in [6, 6.07) is 8.70. The van der Waals surface area contributed by atoms with E-state index in [9.17, 15) is 9.59 Å². The van der Waals surface area contributed by atoms with Gasteiger partial charge in [0.05, 0.1) is 0 Å². The van der Waals surface area contributed by atoms with E-state index in [1.807, 2.05) is 18.2 Å². The molecule has 1 aromatic heterocycles. The number of hydrogen-bond acceptors (Lipinski definition) is 4. The number of aromatic nitrogens is 1. The summed E-state index contributed by atoms with van der Waals surface area (Å²) in [5.74, 6) is 1.29. The first kappa shape index (κ1) is 15.6. The van der Waals surface area contributed by atoms with Crippen molar-refractivity contribution in [3.05, 3.63) is 56.9 Å². The number of aryl methyl sites for hydroxylation is 1. The fraction of sp³-hybridized carbons (Fsp3) is 0.250. The van der Waals surface area contributed by atoms with Crippen LogP contribution in [-0.2, 0) is 17.9 Å². The molecule has 0 spiro atoms. The van der Waals surface area contributed by atoms with Crippen LogP contribution in [0.3, 0.4) is 0 Å². The third-order valence-corrected chi connectivity index (χ3v) is 3.92. The predicted octanol–water partition coefficient (Wildman–Crippen LogP) is 2.05. The van der Waals surface area contributed by atoms with Crippen molar-refractivity contribution in [2.24, 2.45) is 0 Å². The van der Waals surface area contributed by atoms with Gasteiger partial charge in [0, 0.05) is 36.2 Å². The van der Waals surface area contributed by atoms with Gasteiger partial charge in [-0.3, -0.25) is 9.59 Å². The van der Waals surface area contributed by atoms with Crippen molar-refractivity contribution in [3.63, 3.8) is 0 Å². The number of fused-ring (bicyclic) bond motifs is 1. The smallest absolute Gasteiger partial charge is 0.250 e. The van der Waals surface area contributed by atoms with Crippen LogP contribution in [0.1, 0.15) is 12.0 Å². The molecular weight excluding hydrogens is 364 g/mol. The van der Waals surface area contributed by atoms with Gasteiger partial charge in [-0.25, -0.2) is 0 Å². The molecule has 120 valence electrons. The lowest BCUT2D eigenvalue weighted by Crippen LogP contribution is -2.26. The molecular formula is C16H15BrN2O4. The van der Waals surface area contributed by atoms with Crippen LogP contribution in [0, 0.1) is 0 Å². The van der Waals surface area contributed by atoms with Crippen LogP contribution < -0.4 is 20.3 Å². The Kier molecular flexibility index (Phi) is 4.66. The molecule has 6 nitrogen and oxygen atoms in total. The van der Waals surface area contributed by atoms with Crippen molar-refractivity contribution in [3.8, 4) is 11.5 Å². The van der Waals surface area contributed by atoms with Gasteiger partial charge in [0.25, 0.3) is 5.56 Å². The Morgan fingerprint density at radius 2 is 2.04 bits per heavy atom. The highest BCUT2D eigenvalue weighted by Crippen LogP contribution is 2.32. The molecule has 1 aliphatic rings. The monoisotopic (exact) mass is 378 g/mol. The molecule has 2 aromatic rings. The maximum absolute atomic E-state index is 11.9. The maximum Gasteiger partial charge on any atom is 0.250 e. The number of carbonyl (C=O) groups excluding carboxylic acids is 1. The zero-order valence-electron chi connectivity index (χ0n) is 12.3. The molecule has 0 saturated heterocycles. The first-order chi connectivity index (χ1) is 11.1. The van der Waals surface area contributed by atoms with Crippen LogP contribution in [0.15, 0.2) is 45.8 Å². The number of amides is 1. The van der Waals surface area contributed by atoms with E-state index in [0.717, 1.165) is 10.0 Å². The number of nitrogens with zero attached hydrogens (tertiary/aromatic N) is 1. The Hall–Kier alpha value is -2.28. The number of nitrogens with one attached hydrogen (secondary N) is 1. The fourth-order valence-corrected chi connectivity index (χ4v) is 2.62. The van der Waals surface area contributed by atoms with Crippen LogP contribution in [-0.4, -0.2) is 17.3 Å². The van der Waals surface area contributed by atoms with E-state index in [1.165, 1.54) is 10.6 Å². The van der Waals surface area contributed by atoms with Crippen LogP contribution in [0.25, 0.3) is 0 Å². The summed E-state index contributed by atoms with van der Waals surface area (Å²) in [6.07, 6.45) is 1.91. The van der Waals surface area contributed by atoms with Crippen LogP contribution in [0.5, 0.6) is 11.5 Å². The molecule has 7 heteroatoms. The third kappa shape index (κ3) is 3.92. The molecule has 0 radical (unpaired) electrons. The zero-order chi connectivity index (χ0) is 16.2. The summed E-state index contributed by atoms with van der Waals surface area (Å²) in [4.78, 5) is 23.6. The van der Waals surface area contributed by atoms with Crippen molar-refractivity contribution < 1.29 is 14.3 Å². The molecule has 0 unspecified atom stereocenters. The van der Waals surface area contributed by atoms with Gasteiger partial charge in [-0.2, -0.15) is 0 Å². The van der Waals surface area contributed by atoms with Crippen LogP contribution >= 0.6 is 15.9 Å². The average molecular weight is 379 g/mol. The molecule has 1 amide bonds. The summed E-state index contributed by atoms with van der Waals surface area (Å²) in [6.45, 7) is 0.973. The van der Waals surface area contributed by atoms with Crippen molar-refractivity contribution in [1.82, 2.24) is 9.88 Å². The molecule has 1 N–H and O–H groups in total. The normalized spacial score (nSPS) is 12.2. The summed E-state index contributed by atoms with van der Waals surface area (Å²) in [5, 5.41) is 2.83. The minimum absolute atomic E-state index is 0.116. The van der Waals surface area contributed by atoms with Gasteiger partial charge in [0.1, 0.15) is 0 Å². The first-order valence-electron chi connectivity index (χ1n) is 7.13. The van der Waals surface area contributed by atoms with Gasteiger partial charge in [0.15, 0.2) is 11.5 Å². The van der Waals surface area contributed by atoms with E-state index in [4.69, 9.17) is 9.47 Å². The van der Waals surface area contributed by atoms with Crippen molar-refractivity contribution in [1.29, 1.82) is 0 Å². The lowest BCUT2D eigenvalue weighted by atomic mass is 10.2. The Balaban J connectivity index is 1.52. The quantitative estimate of drug-likeness (QED) is 0.864. The number of ether oxygens (including phenoxy) is 2. The Morgan fingerprint density at radius 1 is 1.22 bits per heavy atom. The molecule has 0 aliphatic carbocycles. The van der Waals surface area contributed by atoms with Crippen molar-refractivity contribution in [2.45, 2.75) is 19.5 Å². The fourth-order valence-electron chi connectivity index (χ4n) is 2.24. The Bertz CT molecular complexity index is 788. The van der Waals surface area contributed by atoms with E-state index < -0.39 is 0 Å². The van der Waals surface area contributed by atoms with Crippen LogP contribution in [0.4, 0.5) is 0 Å². The number of rotatable bonds is 5. The SMILES string of the molecule is O=C(CCn1cc(Br)ccc1=O)NCc1ccc2c(c1)OCO2. The summed E-state index contributed by atoms with van der Waals surface area (Å²) in [7, 11) is 0. The van der Waals surface area contributed by atoms with Gasteiger partial charge in [-0.05, 0) is 39.7 Å². The minimum Gasteiger partial charge on any atom is -0.454 e. The Labute approximate surface area is 141 Å². The van der Waals surface area contributed by atoms with Crippen molar-refractivity contribution >= 4 is 21.8 Å². The molecule has 0 bridgehead atoms. The highest BCUT2D eigenvalue weighted by Gasteiger charge is 2.13. The molecule has 1 aliphatic heterocycles. The van der Waals surface area contributed by atoms with E-state index in [0.29, 0.717) is 24.6 Å². The summed E-state index contributed by atoms with van der Waals surface area (Å²) >= 11 is 3.31. The number of carbonyl (C=O) groups is 1. The largest absolute Gasteiger partial charge is 0.454 e. The molecule has 2 heterocycles. The minimum atomic E-state index is -0.128. The molecule has 23 heavy (non-hydrogen) atoms. The van der Waals surface area contributed by atoms with Crippen molar-refractivity contribution in [2.75, 3.05) is 6.79 Å². The second kappa shape index (κ2) is 6.87. The first-order valence-corrected chi connectivity index (χ1v) is 7.92. The van der Waals surface area contributed by atoms with E-state index in [-0.39, 0.29) is 24.7 Å². The van der Waals surface area contributed by atoms with E-state index in [2.05, 4.69) is 21.2 Å². The second-order valence-corrected chi connectivity index (χ2v) is 6.01. The maximum atomic E-state index is 11.9. The van der Waals surface area contributed by atoms with Gasteiger partial charge >= 0.3 is 0 Å². The third-order valence-electron chi connectivity index (χ3n) is 3.45. The number of benzene rings is 1. The highest BCUT2D eigenvalue weighted by atomic mass is 79.9. The van der Waals surface area contributed by atoms with E-state index in [1.54, 1.807) is 12.3 Å². The molecule has 0 atom stereocenters. The number of halogens is 1. The Morgan fingerprint density at radius 3 is 2.91 bits per heavy atom. The van der Waals surface area contributed by atoms with E-state index >= 15 is 0 Å². The van der Waals surface area contributed by atoms with Gasteiger partial charge in [-0.15, -0.1) is 0 Å². The topological polar surface area (TPSA) is 69.6 Å². The summed E-state index contributed by atoms with van der Waals surface area (Å²) < 4.78 is 12.8. The lowest BCUT2D eigenvalue weighted by molar-refractivity contribution is -0.121. The van der Waals surface area contributed by atoms with Gasteiger partial charge in [0.2, 0.25) is 12.7 Å². The predicted molar refractivity (Wildman–Crippen MR) is 87.4 cm³/mol. The molecule has 3 rings (SSSR count). The summed E-state index contributed by atoms with van der Waals surface area (Å²) in [5.41, 5.74) is 0.805. The second-order valence-electron chi connectivity index (χ2n) is 5.09. The van der Waals surface area contributed by atoms with Gasteiger partial charge in [-0.1, -0.05) is 6.07 Å². The average Bonchev–Trinajstić information content (AvgIpc) is 3.01. The van der Waals surface area contributed by atoms with Crippen LogP contribution in [0.2, 0.25) is 0 Å². The standard InChI is InChI=1S/C16H15BrN2O4/c17-12-2-4-16(21)19(9-12)6-5-15(20)18-8-11-1-3-13-14(7-11)23-10-22-13/h1-4,7,9H,5-6,8,10H2,(H,18,20). The zero-order valence-corrected chi connectivity index (χ0v) is 13.8.